The second-order valence-corrected chi connectivity index (χ2v) is 6.17. The molecule has 1 amide bonds. The maximum absolute atomic E-state index is 13.5. The molecule has 3 rings (SSSR count). The van der Waals surface area contributed by atoms with Gasteiger partial charge in [-0.15, -0.1) is 0 Å². The lowest BCUT2D eigenvalue weighted by molar-refractivity contribution is -0.136. The van der Waals surface area contributed by atoms with Crippen LogP contribution in [0.25, 0.3) is 10.9 Å². The molecule has 1 aromatic carbocycles. The maximum atomic E-state index is 13.5. The fourth-order valence-electron chi connectivity index (χ4n) is 2.73. The smallest absolute Gasteiger partial charge is 0.398 e. The number of benzene rings is 1. The van der Waals surface area contributed by atoms with Gasteiger partial charge in [-0.25, -0.2) is 4.98 Å². The van der Waals surface area contributed by atoms with Gasteiger partial charge in [-0.05, 0) is 48.9 Å². The van der Waals surface area contributed by atoms with Gasteiger partial charge in [-0.1, -0.05) is 0 Å². The summed E-state index contributed by atoms with van der Waals surface area (Å²) in [5.74, 6) is -0.493. The molecule has 2 aromatic rings. The number of aromatic nitrogens is 1. The number of nitrogens with two attached hydrogens (primary N) is 1. The molecule has 1 saturated carbocycles. The molecule has 0 atom stereocenters. The molecule has 0 unspecified atom stereocenters. The van der Waals surface area contributed by atoms with Crippen molar-refractivity contribution in [1.29, 1.82) is 0 Å². The third-order valence-corrected chi connectivity index (χ3v) is 4.17. The van der Waals surface area contributed by atoms with Gasteiger partial charge in [0.25, 0.3) is 5.91 Å². The zero-order valence-electron chi connectivity index (χ0n) is 13.4. The minimum Gasteiger partial charge on any atom is -0.398 e. The molecule has 8 heteroatoms. The Morgan fingerprint density at radius 2 is 2.04 bits per heavy atom. The third kappa shape index (κ3) is 3.68. The molecule has 25 heavy (non-hydrogen) atoms. The Morgan fingerprint density at radius 3 is 2.64 bits per heavy atom. The van der Waals surface area contributed by atoms with E-state index in [1.165, 1.54) is 6.07 Å². The van der Waals surface area contributed by atoms with Crippen molar-refractivity contribution in [1.82, 2.24) is 10.3 Å². The topological polar surface area (TPSA) is 88.2 Å². The molecule has 0 spiro atoms. The summed E-state index contributed by atoms with van der Waals surface area (Å²) >= 11 is 0. The van der Waals surface area contributed by atoms with Crippen LogP contribution < -0.4 is 11.1 Å². The van der Waals surface area contributed by atoms with Crippen LogP contribution in [0.3, 0.4) is 0 Å². The first-order valence-electron chi connectivity index (χ1n) is 8.01. The lowest BCUT2D eigenvalue weighted by atomic mass is 10.00. The lowest BCUT2D eigenvalue weighted by Crippen LogP contribution is -2.26. The fraction of sp³-hybridized carbons (Fsp3) is 0.412. The summed E-state index contributed by atoms with van der Waals surface area (Å²) < 4.78 is 40.5. The highest BCUT2D eigenvalue weighted by Crippen LogP contribution is 2.44. The standard InChI is InChI=1S/C17H18F3N3O2/c18-17(19,20)12-7-10(9-2-3-9)6-11-13(21)8-14(23-15(11)12)16(25)22-4-1-5-24/h6-9,24H,1-5H2,(H2,21,23)(H,22,25). The van der Waals surface area contributed by atoms with E-state index in [9.17, 15) is 18.0 Å². The normalized spacial score (nSPS) is 14.7. The summed E-state index contributed by atoms with van der Waals surface area (Å²) in [4.78, 5) is 16.0. The highest BCUT2D eigenvalue weighted by Gasteiger charge is 2.36. The minimum absolute atomic E-state index is 0.0882. The van der Waals surface area contributed by atoms with Crippen LogP contribution in [0.2, 0.25) is 0 Å². The Bertz CT molecular complexity index is 817. The van der Waals surface area contributed by atoms with E-state index in [-0.39, 0.29) is 41.4 Å². The minimum atomic E-state index is -4.59. The summed E-state index contributed by atoms with van der Waals surface area (Å²) in [5.41, 5.74) is 5.26. The number of amides is 1. The second kappa shape index (κ2) is 6.51. The number of nitrogen functional groups attached to an aromatic ring is 1. The van der Waals surface area contributed by atoms with E-state index in [2.05, 4.69) is 10.3 Å². The van der Waals surface area contributed by atoms with Crippen molar-refractivity contribution < 1.29 is 23.1 Å². The van der Waals surface area contributed by atoms with Gasteiger partial charge in [0.15, 0.2) is 0 Å². The van der Waals surface area contributed by atoms with Crippen molar-refractivity contribution in [3.63, 3.8) is 0 Å². The largest absolute Gasteiger partial charge is 0.418 e. The first kappa shape index (κ1) is 17.5. The summed E-state index contributed by atoms with van der Waals surface area (Å²) in [6.45, 7) is 0.0947. The highest BCUT2D eigenvalue weighted by atomic mass is 19.4. The van der Waals surface area contributed by atoms with Crippen LogP contribution in [0, 0.1) is 0 Å². The van der Waals surface area contributed by atoms with Gasteiger partial charge in [0.05, 0.1) is 11.1 Å². The molecule has 1 fully saturated rings. The molecule has 0 radical (unpaired) electrons. The number of nitrogens with zero attached hydrogens (tertiary/aromatic N) is 1. The van der Waals surface area contributed by atoms with Crippen LogP contribution in [0.1, 0.15) is 46.8 Å². The number of fused-ring (bicyclic) bond motifs is 1. The molecule has 4 N–H and O–H groups in total. The average Bonchev–Trinajstić information content (AvgIpc) is 3.38. The molecule has 1 heterocycles. The van der Waals surface area contributed by atoms with Crippen molar-refractivity contribution in [3.8, 4) is 0 Å². The zero-order chi connectivity index (χ0) is 18.2. The Morgan fingerprint density at radius 1 is 1.32 bits per heavy atom. The van der Waals surface area contributed by atoms with Crippen molar-refractivity contribution in [2.75, 3.05) is 18.9 Å². The van der Waals surface area contributed by atoms with E-state index in [0.29, 0.717) is 12.0 Å². The Hall–Kier alpha value is -2.35. The Labute approximate surface area is 142 Å². The zero-order valence-corrected chi connectivity index (χ0v) is 13.4. The van der Waals surface area contributed by atoms with Crippen LogP contribution in [-0.2, 0) is 6.18 Å². The SMILES string of the molecule is Nc1cc(C(=O)NCCCO)nc2c(C(F)(F)F)cc(C3CC3)cc12. The summed E-state index contributed by atoms with van der Waals surface area (Å²) in [5, 5.41) is 11.4. The van der Waals surface area contributed by atoms with E-state index >= 15 is 0 Å². The number of anilines is 1. The number of aliphatic hydroxyl groups is 1. The van der Waals surface area contributed by atoms with Gasteiger partial charge in [-0.2, -0.15) is 13.2 Å². The number of rotatable bonds is 5. The van der Waals surface area contributed by atoms with Gasteiger partial charge in [0.1, 0.15) is 5.69 Å². The molecule has 0 bridgehead atoms. The van der Waals surface area contributed by atoms with Crippen LogP contribution in [0.15, 0.2) is 18.2 Å². The quantitative estimate of drug-likeness (QED) is 0.721. The van der Waals surface area contributed by atoms with Gasteiger partial charge in [-0.3, -0.25) is 4.79 Å². The van der Waals surface area contributed by atoms with E-state index in [4.69, 9.17) is 10.8 Å². The predicted octanol–water partition coefficient (Wildman–Crippen LogP) is 2.83. The number of aliphatic hydroxyl groups excluding tert-OH is 1. The first-order valence-corrected chi connectivity index (χ1v) is 8.01. The average molecular weight is 353 g/mol. The second-order valence-electron chi connectivity index (χ2n) is 6.17. The molecule has 0 aliphatic heterocycles. The number of carbonyl (C=O) groups excluding carboxylic acids is 1. The van der Waals surface area contributed by atoms with E-state index < -0.39 is 17.6 Å². The highest BCUT2D eigenvalue weighted by molar-refractivity contribution is 6.00. The molecule has 5 nitrogen and oxygen atoms in total. The number of hydrogen-bond donors (Lipinski definition) is 3. The van der Waals surface area contributed by atoms with Crippen LogP contribution in [0.5, 0.6) is 0 Å². The van der Waals surface area contributed by atoms with Crippen molar-refractivity contribution in [2.24, 2.45) is 0 Å². The van der Waals surface area contributed by atoms with Crippen LogP contribution in [0.4, 0.5) is 18.9 Å². The molecule has 1 aromatic heterocycles. The van der Waals surface area contributed by atoms with Gasteiger partial charge in [0, 0.05) is 24.2 Å². The lowest BCUT2D eigenvalue weighted by Gasteiger charge is -2.15. The number of pyridine rings is 1. The van der Waals surface area contributed by atoms with E-state index in [0.717, 1.165) is 18.9 Å². The first-order chi connectivity index (χ1) is 11.8. The third-order valence-electron chi connectivity index (χ3n) is 4.17. The molecule has 0 saturated heterocycles. The van der Waals surface area contributed by atoms with Gasteiger partial charge >= 0.3 is 6.18 Å². The van der Waals surface area contributed by atoms with Gasteiger partial charge < -0.3 is 16.2 Å². The molecule has 1 aliphatic rings. The molecule has 134 valence electrons. The van der Waals surface area contributed by atoms with Crippen molar-refractivity contribution in [2.45, 2.75) is 31.4 Å². The number of nitrogens with one attached hydrogen (secondary N) is 1. The Kier molecular flexibility index (Phi) is 4.55. The fourth-order valence-corrected chi connectivity index (χ4v) is 2.73. The number of hydrogen-bond acceptors (Lipinski definition) is 4. The van der Waals surface area contributed by atoms with E-state index in [1.54, 1.807) is 6.07 Å². The van der Waals surface area contributed by atoms with Crippen LogP contribution >= 0.6 is 0 Å². The number of halogens is 3. The number of carbonyl (C=O) groups is 1. The molecular formula is C17H18F3N3O2. The summed E-state index contributed by atoms with van der Waals surface area (Å²) in [6, 6.07) is 4.03. The molecule has 1 aliphatic carbocycles. The monoisotopic (exact) mass is 353 g/mol. The molecular weight excluding hydrogens is 335 g/mol. The summed E-state index contributed by atoms with van der Waals surface area (Å²) in [6.07, 6.45) is -2.52. The predicted molar refractivity (Wildman–Crippen MR) is 87.2 cm³/mol. The maximum Gasteiger partial charge on any atom is 0.418 e. The summed E-state index contributed by atoms with van der Waals surface area (Å²) in [7, 11) is 0. The van der Waals surface area contributed by atoms with Crippen LogP contribution in [-0.4, -0.2) is 29.1 Å². The Balaban J connectivity index is 2.09. The van der Waals surface area contributed by atoms with Crippen molar-refractivity contribution in [3.05, 3.63) is 35.0 Å². The van der Waals surface area contributed by atoms with Crippen molar-refractivity contribution >= 4 is 22.5 Å². The van der Waals surface area contributed by atoms with Gasteiger partial charge in [0.2, 0.25) is 0 Å². The number of alkyl halides is 3. The van der Waals surface area contributed by atoms with E-state index in [1.807, 2.05) is 0 Å².